The van der Waals surface area contributed by atoms with Crippen molar-refractivity contribution in [2.75, 3.05) is 19.7 Å². The van der Waals surface area contributed by atoms with Gasteiger partial charge in [-0.25, -0.2) is 0 Å². The van der Waals surface area contributed by atoms with Crippen LogP contribution in [-0.4, -0.2) is 19.7 Å². The van der Waals surface area contributed by atoms with Crippen molar-refractivity contribution in [2.45, 2.75) is 38.5 Å². The van der Waals surface area contributed by atoms with Gasteiger partial charge in [-0.1, -0.05) is 47.7 Å². The van der Waals surface area contributed by atoms with Crippen LogP contribution in [0.3, 0.4) is 0 Å². The lowest BCUT2D eigenvalue weighted by Crippen LogP contribution is -2.22. The van der Waals surface area contributed by atoms with Crippen molar-refractivity contribution in [1.29, 1.82) is 0 Å². The van der Waals surface area contributed by atoms with E-state index in [-0.39, 0.29) is 0 Å². The standard InChI is InChI=1S/C16H24BrNO/c17-15-8-3-9-16(13-15)19-12-11-18-10-4-7-14-5-1-2-6-14/h3,8-9,13-14,18H,1-2,4-7,10-12H2. The minimum Gasteiger partial charge on any atom is -0.492 e. The lowest BCUT2D eigenvalue weighted by Gasteiger charge is -2.10. The van der Waals surface area contributed by atoms with Crippen molar-refractivity contribution in [3.8, 4) is 5.75 Å². The molecule has 0 heterocycles. The van der Waals surface area contributed by atoms with Crippen LogP contribution in [0, 0.1) is 5.92 Å². The van der Waals surface area contributed by atoms with Crippen LogP contribution in [0.5, 0.6) is 5.75 Å². The number of hydrogen-bond donors (Lipinski definition) is 1. The molecule has 3 heteroatoms. The lowest BCUT2D eigenvalue weighted by atomic mass is 10.0. The highest BCUT2D eigenvalue weighted by Gasteiger charge is 2.13. The number of nitrogens with one attached hydrogen (secondary N) is 1. The second-order valence-electron chi connectivity index (χ2n) is 5.35. The summed E-state index contributed by atoms with van der Waals surface area (Å²) in [6, 6.07) is 7.99. The summed E-state index contributed by atoms with van der Waals surface area (Å²) in [5.41, 5.74) is 0. The fourth-order valence-corrected chi connectivity index (χ4v) is 3.12. The number of rotatable bonds is 8. The minimum absolute atomic E-state index is 0.736. The third-order valence-electron chi connectivity index (χ3n) is 3.78. The molecule has 1 fully saturated rings. The molecule has 1 aliphatic carbocycles. The molecule has 2 rings (SSSR count). The molecule has 0 aromatic heterocycles. The zero-order chi connectivity index (χ0) is 13.3. The van der Waals surface area contributed by atoms with Crippen LogP contribution < -0.4 is 10.1 Å². The van der Waals surface area contributed by atoms with Crippen LogP contribution in [0.15, 0.2) is 28.7 Å². The van der Waals surface area contributed by atoms with Gasteiger partial charge in [0.15, 0.2) is 0 Å². The third-order valence-corrected chi connectivity index (χ3v) is 4.28. The molecule has 0 saturated heterocycles. The maximum absolute atomic E-state index is 5.67. The SMILES string of the molecule is Brc1cccc(OCCNCCCC2CCCC2)c1. The second kappa shape index (κ2) is 8.60. The highest BCUT2D eigenvalue weighted by molar-refractivity contribution is 9.10. The van der Waals surface area contributed by atoms with Crippen molar-refractivity contribution in [2.24, 2.45) is 5.92 Å². The van der Waals surface area contributed by atoms with E-state index in [1.807, 2.05) is 24.3 Å². The van der Waals surface area contributed by atoms with Crippen molar-refractivity contribution in [1.82, 2.24) is 5.32 Å². The second-order valence-corrected chi connectivity index (χ2v) is 6.26. The van der Waals surface area contributed by atoms with Crippen molar-refractivity contribution in [3.63, 3.8) is 0 Å². The summed E-state index contributed by atoms with van der Waals surface area (Å²) in [4.78, 5) is 0. The van der Waals surface area contributed by atoms with Crippen molar-refractivity contribution >= 4 is 15.9 Å². The van der Waals surface area contributed by atoms with Crippen LogP contribution >= 0.6 is 15.9 Å². The highest BCUT2D eigenvalue weighted by Crippen LogP contribution is 2.28. The molecule has 1 aromatic carbocycles. The Labute approximate surface area is 125 Å². The van der Waals surface area contributed by atoms with E-state index in [9.17, 15) is 0 Å². The quantitative estimate of drug-likeness (QED) is 0.716. The normalized spacial score (nSPS) is 15.8. The van der Waals surface area contributed by atoms with Gasteiger partial charge in [0.05, 0.1) is 0 Å². The Balaban J connectivity index is 1.46. The van der Waals surface area contributed by atoms with Crippen molar-refractivity contribution in [3.05, 3.63) is 28.7 Å². The van der Waals surface area contributed by atoms with Gasteiger partial charge in [-0.3, -0.25) is 0 Å². The summed E-state index contributed by atoms with van der Waals surface area (Å²) in [6.07, 6.45) is 8.55. The van der Waals surface area contributed by atoms with Gasteiger partial charge in [0.1, 0.15) is 12.4 Å². The van der Waals surface area contributed by atoms with E-state index >= 15 is 0 Å². The molecule has 0 spiro atoms. The van der Waals surface area contributed by atoms with Crippen LogP contribution in [-0.2, 0) is 0 Å². The average Bonchev–Trinajstić information content (AvgIpc) is 2.91. The fourth-order valence-electron chi connectivity index (χ4n) is 2.74. The maximum Gasteiger partial charge on any atom is 0.120 e. The Bertz CT molecular complexity index is 364. The van der Waals surface area contributed by atoms with Gasteiger partial charge in [-0.15, -0.1) is 0 Å². The van der Waals surface area contributed by atoms with Gasteiger partial charge < -0.3 is 10.1 Å². The van der Waals surface area contributed by atoms with Crippen molar-refractivity contribution < 1.29 is 4.74 Å². The van der Waals surface area contributed by atoms with Crippen LogP contribution in [0.4, 0.5) is 0 Å². The predicted octanol–water partition coefficient (Wildman–Crippen LogP) is 4.39. The molecule has 0 amide bonds. The molecular formula is C16H24BrNO. The largest absolute Gasteiger partial charge is 0.492 e. The number of ether oxygens (including phenoxy) is 1. The van der Waals surface area contributed by atoms with E-state index in [4.69, 9.17) is 4.74 Å². The maximum atomic E-state index is 5.67. The lowest BCUT2D eigenvalue weighted by molar-refractivity contribution is 0.312. The molecule has 0 radical (unpaired) electrons. The van der Waals surface area contributed by atoms with E-state index < -0.39 is 0 Å². The van der Waals surface area contributed by atoms with E-state index in [0.29, 0.717) is 0 Å². The first-order valence-electron chi connectivity index (χ1n) is 7.44. The molecule has 19 heavy (non-hydrogen) atoms. The summed E-state index contributed by atoms with van der Waals surface area (Å²) in [5.74, 6) is 1.95. The van der Waals surface area contributed by atoms with Gasteiger partial charge in [0.2, 0.25) is 0 Å². The summed E-state index contributed by atoms with van der Waals surface area (Å²) < 4.78 is 6.74. The Hall–Kier alpha value is -0.540. The molecule has 1 N–H and O–H groups in total. The van der Waals surface area contributed by atoms with Crippen LogP contribution in [0.25, 0.3) is 0 Å². The zero-order valence-electron chi connectivity index (χ0n) is 11.5. The average molecular weight is 326 g/mol. The third kappa shape index (κ3) is 5.96. The molecular weight excluding hydrogens is 302 g/mol. The molecule has 1 aliphatic rings. The summed E-state index contributed by atoms with van der Waals surface area (Å²) >= 11 is 3.44. The van der Waals surface area contributed by atoms with E-state index in [1.165, 1.54) is 38.5 Å². The molecule has 0 bridgehead atoms. The zero-order valence-corrected chi connectivity index (χ0v) is 13.1. The molecule has 0 atom stereocenters. The number of halogens is 1. The summed E-state index contributed by atoms with van der Waals surface area (Å²) in [6.45, 7) is 2.79. The van der Waals surface area contributed by atoms with Crippen LogP contribution in [0.1, 0.15) is 38.5 Å². The first kappa shape index (κ1) is 14.9. The number of hydrogen-bond acceptors (Lipinski definition) is 2. The van der Waals surface area contributed by atoms with Gasteiger partial charge in [-0.2, -0.15) is 0 Å². The molecule has 1 aromatic rings. The Morgan fingerprint density at radius 3 is 2.84 bits per heavy atom. The fraction of sp³-hybridized carbons (Fsp3) is 0.625. The van der Waals surface area contributed by atoms with Gasteiger partial charge in [-0.05, 0) is 43.5 Å². The van der Waals surface area contributed by atoms with Crippen LogP contribution in [0.2, 0.25) is 0 Å². The topological polar surface area (TPSA) is 21.3 Å². The Kier molecular flexibility index (Phi) is 6.72. The molecule has 0 aliphatic heterocycles. The molecule has 0 unspecified atom stereocenters. The summed E-state index contributed by atoms with van der Waals surface area (Å²) in [5, 5.41) is 3.46. The van der Waals surface area contributed by atoms with E-state index in [1.54, 1.807) is 0 Å². The molecule has 1 saturated carbocycles. The summed E-state index contributed by atoms with van der Waals surface area (Å²) in [7, 11) is 0. The Morgan fingerprint density at radius 2 is 2.05 bits per heavy atom. The first-order chi connectivity index (χ1) is 9.34. The minimum atomic E-state index is 0.736. The van der Waals surface area contributed by atoms with Gasteiger partial charge >= 0.3 is 0 Å². The van der Waals surface area contributed by atoms with Gasteiger partial charge in [0.25, 0.3) is 0 Å². The smallest absolute Gasteiger partial charge is 0.120 e. The number of benzene rings is 1. The van der Waals surface area contributed by atoms with E-state index in [0.717, 1.165) is 35.8 Å². The van der Waals surface area contributed by atoms with E-state index in [2.05, 4.69) is 21.2 Å². The highest BCUT2D eigenvalue weighted by atomic mass is 79.9. The van der Waals surface area contributed by atoms with Gasteiger partial charge in [0, 0.05) is 11.0 Å². The monoisotopic (exact) mass is 325 g/mol. The first-order valence-corrected chi connectivity index (χ1v) is 8.23. The predicted molar refractivity (Wildman–Crippen MR) is 83.7 cm³/mol. The molecule has 2 nitrogen and oxygen atoms in total. The molecule has 106 valence electrons. The Morgan fingerprint density at radius 1 is 1.21 bits per heavy atom.